The minimum atomic E-state index is -0.983. The van der Waals surface area contributed by atoms with E-state index in [4.69, 9.17) is 9.84 Å². The number of carboxylic acid groups (broad SMARTS) is 1. The molecule has 0 saturated carbocycles. The van der Waals surface area contributed by atoms with Gasteiger partial charge < -0.3 is 14.7 Å². The molecule has 1 aromatic rings. The lowest BCUT2D eigenvalue weighted by Crippen LogP contribution is -2.43. The van der Waals surface area contributed by atoms with Crippen LogP contribution in [0.2, 0.25) is 0 Å². The van der Waals surface area contributed by atoms with Gasteiger partial charge in [-0.15, -0.1) is 0 Å². The zero-order valence-corrected chi connectivity index (χ0v) is 11.8. The lowest BCUT2D eigenvalue weighted by Gasteiger charge is -2.23. The Kier molecular flexibility index (Phi) is 4.77. The standard InChI is InChI=1S/C15H18FNO4/c1-10-6-8-17(14(10)15(19)20)13(18)7-9-21-12-5-3-2-4-11(12)16/h2-5,10,14H,6-9H2,1H3,(H,19,20). The van der Waals surface area contributed by atoms with Gasteiger partial charge in [0.05, 0.1) is 13.0 Å². The van der Waals surface area contributed by atoms with Gasteiger partial charge in [-0.25, -0.2) is 9.18 Å². The van der Waals surface area contributed by atoms with Gasteiger partial charge in [0.1, 0.15) is 6.04 Å². The van der Waals surface area contributed by atoms with Crippen molar-refractivity contribution >= 4 is 11.9 Å². The highest BCUT2D eigenvalue weighted by molar-refractivity contribution is 5.84. The average molecular weight is 295 g/mol. The van der Waals surface area contributed by atoms with Crippen molar-refractivity contribution in [3.8, 4) is 5.75 Å². The fourth-order valence-corrected chi connectivity index (χ4v) is 2.56. The number of hydrogen-bond donors (Lipinski definition) is 1. The number of halogens is 1. The first-order chi connectivity index (χ1) is 10.0. The number of rotatable bonds is 5. The smallest absolute Gasteiger partial charge is 0.326 e. The second-order valence-electron chi connectivity index (χ2n) is 5.17. The maximum atomic E-state index is 13.3. The monoisotopic (exact) mass is 295 g/mol. The van der Waals surface area contributed by atoms with Crippen molar-refractivity contribution in [3.05, 3.63) is 30.1 Å². The van der Waals surface area contributed by atoms with E-state index in [9.17, 15) is 14.0 Å². The van der Waals surface area contributed by atoms with E-state index < -0.39 is 17.8 Å². The van der Waals surface area contributed by atoms with E-state index in [1.165, 1.54) is 17.0 Å². The summed E-state index contributed by atoms with van der Waals surface area (Å²) < 4.78 is 18.6. The molecule has 1 amide bonds. The molecule has 0 radical (unpaired) electrons. The van der Waals surface area contributed by atoms with E-state index in [2.05, 4.69) is 0 Å². The van der Waals surface area contributed by atoms with Gasteiger partial charge >= 0.3 is 5.97 Å². The summed E-state index contributed by atoms with van der Waals surface area (Å²) in [5.41, 5.74) is 0. The molecule has 21 heavy (non-hydrogen) atoms. The first-order valence-electron chi connectivity index (χ1n) is 6.90. The van der Waals surface area contributed by atoms with Crippen LogP contribution < -0.4 is 4.74 Å². The zero-order valence-electron chi connectivity index (χ0n) is 11.8. The maximum Gasteiger partial charge on any atom is 0.326 e. The molecule has 1 saturated heterocycles. The SMILES string of the molecule is CC1CCN(C(=O)CCOc2ccccc2F)C1C(=O)O. The molecule has 1 fully saturated rings. The first-order valence-corrected chi connectivity index (χ1v) is 6.90. The molecule has 0 bridgehead atoms. The predicted molar refractivity (Wildman–Crippen MR) is 73.4 cm³/mol. The van der Waals surface area contributed by atoms with E-state index in [1.54, 1.807) is 12.1 Å². The summed E-state index contributed by atoms with van der Waals surface area (Å²) in [4.78, 5) is 24.6. The summed E-state index contributed by atoms with van der Waals surface area (Å²) in [6, 6.07) is 5.18. The minimum absolute atomic E-state index is 0.0248. The second-order valence-corrected chi connectivity index (χ2v) is 5.17. The molecule has 114 valence electrons. The lowest BCUT2D eigenvalue weighted by molar-refractivity contribution is -0.149. The van der Waals surface area contributed by atoms with Crippen LogP contribution in [-0.4, -0.2) is 41.1 Å². The Morgan fingerprint density at radius 1 is 1.43 bits per heavy atom. The minimum Gasteiger partial charge on any atom is -0.490 e. The number of aliphatic carboxylic acids is 1. The highest BCUT2D eigenvalue weighted by atomic mass is 19.1. The van der Waals surface area contributed by atoms with Crippen LogP contribution in [0.15, 0.2) is 24.3 Å². The third-order valence-corrected chi connectivity index (χ3v) is 3.68. The summed E-state index contributed by atoms with van der Waals surface area (Å²) in [6.45, 7) is 2.29. The van der Waals surface area contributed by atoms with E-state index in [0.29, 0.717) is 13.0 Å². The third-order valence-electron chi connectivity index (χ3n) is 3.68. The Morgan fingerprint density at radius 3 is 2.81 bits per heavy atom. The van der Waals surface area contributed by atoms with Crippen LogP contribution >= 0.6 is 0 Å². The van der Waals surface area contributed by atoms with Crippen LogP contribution in [0.1, 0.15) is 19.8 Å². The first kappa shape index (κ1) is 15.3. The number of carboxylic acids is 1. The largest absolute Gasteiger partial charge is 0.490 e. The quantitative estimate of drug-likeness (QED) is 0.901. The Labute approximate surface area is 122 Å². The van der Waals surface area contributed by atoms with Crippen LogP contribution in [-0.2, 0) is 9.59 Å². The van der Waals surface area contributed by atoms with Crippen LogP contribution in [0.25, 0.3) is 0 Å². The number of likely N-dealkylation sites (tertiary alicyclic amines) is 1. The fourth-order valence-electron chi connectivity index (χ4n) is 2.56. The number of para-hydroxylation sites is 1. The van der Waals surface area contributed by atoms with Crippen molar-refractivity contribution in [2.45, 2.75) is 25.8 Å². The van der Waals surface area contributed by atoms with Crippen LogP contribution in [0, 0.1) is 11.7 Å². The lowest BCUT2D eigenvalue weighted by atomic mass is 10.0. The topological polar surface area (TPSA) is 66.8 Å². The molecule has 1 N–H and O–H groups in total. The second kappa shape index (κ2) is 6.56. The predicted octanol–water partition coefficient (Wildman–Crippen LogP) is 1.92. The van der Waals surface area contributed by atoms with Gasteiger partial charge in [0.2, 0.25) is 5.91 Å². The molecule has 1 aliphatic rings. The van der Waals surface area contributed by atoms with Gasteiger partial charge in [0.25, 0.3) is 0 Å². The number of benzene rings is 1. The summed E-state index contributed by atoms with van der Waals surface area (Å²) in [5.74, 6) is -1.71. The Morgan fingerprint density at radius 2 is 2.14 bits per heavy atom. The molecule has 2 atom stereocenters. The van der Waals surface area contributed by atoms with Gasteiger partial charge in [0.15, 0.2) is 11.6 Å². The Balaban J connectivity index is 1.88. The summed E-state index contributed by atoms with van der Waals surface area (Å²) in [6.07, 6.45) is 0.710. The van der Waals surface area contributed by atoms with Crippen molar-refractivity contribution in [3.63, 3.8) is 0 Å². The number of nitrogens with zero attached hydrogens (tertiary/aromatic N) is 1. The summed E-state index contributed by atoms with van der Waals surface area (Å²) in [7, 11) is 0. The number of carbonyl (C=O) groups is 2. The number of ether oxygens (including phenoxy) is 1. The van der Waals surface area contributed by atoms with Gasteiger partial charge in [-0.3, -0.25) is 4.79 Å². The van der Waals surface area contributed by atoms with E-state index in [0.717, 1.165) is 0 Å². The van der Waals surface area contributed by atoms with Crippen molar-refractivity contribution in [2.24, 2.45) is 5.92 Å². The Hall–Kier alpha value is -2.11. The summed E-state index contributed by atoms with van der Waals surface area (Å²) in [5, 5.41) is 9.17. The number of carbonyl (C=O) groups excluding carboxylic acids is 1. The molecule has 2 unspecified atom stereocenters. The van der Waals surface area contributed by atoms with E-state index in [1.807, 2.05) is 6.92 Å². The van der Waals surface area contributed by atoms with Gasteiger partial charge in [-0.2, -0.15) is 0 Å². The van der Waals surface area contributed by atoms with Crippen molar-refractivity contribution in [2.75, 3.05) is 13.2 Å². The molecular formula is C15H18FNO4. The fraction of sp³-hybridized carbons (Fsp3) is 0.467. The van der Waals surface area contributed by atoms with E-state index >= 15 is 0 Å². The number of amides is 1. The van der Waals surface area contributed by atoms with Crippen molar-refractivity contribution in [1.29, 1.82) is 0 Å². The molecular weight excluding hydrogens is 277 g/mol. The van der Waals surface area contributed by atoms with Gasteiger partial charge in [-0.05, 0) is 24.5 Å². The van der Waals surface area contributed by atoms with E-state index in [-0.39, 0.29) is 30.6 Å². The normalized spacial score (nSPS) is 21.3. The van der Waals surface area contributed by atoms with Crippen molar-refractivity contribution in [1.82, 2.24) is 4.90 Å². The van der Waals surface area contributed by atoms with Gasteiger partial charge in [0, 0.05) is 6.54 Å². The molecule has 6 heteroatoms. The molecule has 0 aliphatic carbocycles. The molecule has 1 aromatic carbocycles. The average Bonchev–Trinajstić information content (AvgIpc) is 2.83. The van der Waals surface area contributed by atoms with Crippen molar-refractivity contribution < 1.29 is 23.8 Å². The van der Waals surface area contributed by atoms with Crippen LogP contribution in [0.4, 0.5) is 4.39 Å². The third kappa shape index (κ3) is 3.51. The maximum absolute atomic E-state index is 13.3. The highest BCUT2D eigenvalue weighted by Crippen LogP contribution is 2.25. The van der Waals surface area contributed by atoms with Gasteiger partial charge in [-0.1, -0.05) is 19.1 Å². The van der Waals surface area contributed by atoms with Crippen LogP contribution in [0.3, 0.4) is 0 Å². The van der Waals surface area contributed by atoms with Crippen LogP contribution in [0.5, 0.6) is 5.75 Å². The molecule has 2 rings (SSSR count). The zero-order chi connectivity index (χ0) is 15.4. The molecule has 5 nitrogen and oxygen atoms in total. The molecule has 0 aromatic heterocycles. The Bertz CT molecular complexity index is 534. The number of hydrogen-bond acceptors (Lipinski definition) is 3. The highest BCUT2D eigenvalue weighted by Gasteiger charge is 2.39. The molecule has 1 aliphatic heterocycles. The molecule has 1 heterocycles. The molecule has 0 spiro atoms. The summed E-state index contributed by atoms with van der Waals surface area (Å²) >= 11 is 0.